The van der Waals surface area contributed by atoms with Gasteiger partial charge in [0.15, 0.2) is 0 Å². The second-order valence-electron chi connectivity index (χ2n) is 4.48. The summed E-state index contributed by atoms with van der Waals surface area (Å²) in [6.45, 7) is 7.48. The first-order valence-corrected chi connectivity index (χ1v) is 5.36. The van der Waals surface area contributed by atoms with Crippen LogP contribution < -0.4 is 5.32 Å². The molecule has 16 heavy (non-hydrogen) atoms. The van der Waals surface area contributed by atoms with E-state index in [4.69, 9.17) is 4.74 Å². The van der Waals surface area contributed by atoms with Gasteiger partial charge in [0.05, 0.1) is 11.4 Å². The molecule has 0 saturated heterocycles. The molecule has 1 amide bonds. The van der Waals surface area contributed by atoms with Crippen LogP contribution in [0.2, 0.25) is 0 Å². The van der Waals surface area contributed by atoms with Crippen molar-refractivity contribution in [2.24, 2.45) is 0 Å². The Bertz CT molecular complexity index is 370. The highest BCUT2D eigenvalue weighted by Crippen LogP contribution is 2.14. The lowest BCUT2D eigenvalue weighted by atomic mass is 10.2. The summed E-state index contributed by atoms with van der Waals surface area (Å²) in [4.78, 5) is 15.7. The molecule has 0 spiro atoms. The van der Waals surface area contributed by atoms with E-state index in [1.54, 1.807) is 12.3 Å². The molecule has 4 heteroatoms. The molecule has 0 aliphatic rings. The largest absolute Gasteiger partial charge is 0.444 e. The van der Waals surface area contributed by atoms with Crippen LogP contribution in [0.3, 0.4) is 0 Å². The number of hydrogen-bond donors (Lipinski definition) is 1. The van der Waals surface area contributed by atoms with Gasteiger partial charge in [0.1, 0.15) is 5.60 Å². The molecule has 1 aromatic rings. The molecule has 1 aromatic heterocycles. The van der Waals surface area contributed by atoms with Gasteiger partial charge in [-0.1, -0.05) is 6.92 Å². The minimum Gasteiger partial charge on any atom is -0.444 e. The van der Waals surface area contributed by atoms with Crippen molar-refractivity contribution in [1.82, 2.24) is 4.98 Å². The quantitative estimate of drug-likeness (QED) is 0.836. The number of pyridine rings is 1. The minimum absolute atomic E-state index is 0.449. The summed E-state index contributed by atoms with van der Waals surface area (Å²) in [6, 6.07) is 3.60. The van der Waals surface area contributed by atoms with E-state index in [0.717, 1.165) is 12.1 Å². The average molecular weight is 222 g/mol. The van der Waals surface area contributed by atoms with E-state index in [-0.39, 0.29) is 0 Å². The zero-order valence-electron chi connectivity index (χ0n) is 10.2. The molecule has 0 unspecified atom stereocenters. The van der Waals surface area contributed by atoms with E-state index < -0.39 is 11.7 Å². The van der Waals surface area contributed by atoms with E-state index >= 15 is 0 Å². The number of nitrogens with zero attached hydrogens (tertiary/aromatic N) is 1. The van der Waals surface area contributed by atoms with Gasteiger partial charge in [-0.25, -0.2) is 4.79 Å². The first-order chi connectivity index (χ1) is 7.42. The summed E-state index contributed by atoms with van der Waals surface area (Å²) in [7, 11) is 0. The van der Waals surface area contributed by atoms with E-state index in [1.165, 1.54) is 0 Å². The Hall–Kier alpha value is -1.58. The van der Waals surface area contributed by atoms with Crippen LogP contribution in [0.15, 0.2) is 18.3 Å². The van der Waals surface area contributed by atoms with Gasteiger partial charge in [0, 0.05) is 6.20 Å². The topological polar surface area (TPSA) is 51.2 Å². The Labute approximate surface area is 96.0 Å². The molecule has 4 nitrogen and oxygen atoms in total. The fourth-order valence-electron chi connectivity index (χ4n) is 1.25. The third kappa shape index (κ3) is 3.88. The standard InChI is InChI=1S/C12H18N2O2/c1-5-9-10(7-6-8-13-9)14-11(15)16-12(2,3)4/h6-8H,5H2,1-4H3,(H,14,15). The Morgan fingerprint density at radius 1 is 1.50 bits per heavy atom. The first-order valence-electron chi connectivity index (χ1n) is 5.36. The molecule has 0 atom stereocenters. The number of aryl methyl sites for hydroxylation is 1. The van der Waals surface area contributed by atoms with Gasteiger partial charge in [0.25, 0.3) is 0 Å². The lowest BCUT2D eigenvalue weighted by molar-refractivity contribution is 0.0635. The fourth-order valence-corrected chi connectivity index (χ4v) is 1.25. The molecule has 0 fully saturated rings. The molecule has 1 N–H and O–H groups in total. The summed E-state index contributed by atoms with van der Waals surface area (Å²) >= 11 is 0. The highest BCUT2D eigenvalue weighted by atomic mass is 16.6. The van der Waals surface area contributed by atoms with Gasteiger partial charge in [-0.15, -0.1) is 0 Å². The Balaban J connectivity index is 2.70. The number of carbonyl (C=O) groups excluding carboxylic acids is 1. The number of anilines is 1. The number of aromatic nitrogens is 1. The minimum atomic E-state index is -0.487. The highest BCUT2D eigenvalue weighted by Gasteiger charge is 2.16. The zero-order chi connectivity index (χ0) is 12.2. The van der Waals surface area contributed by atoms with Crippen molar-refractivity contribution in [2.75, 3.05) is 5.32 Å². The van der Waals surface area contributed by atoms with Gasteiger partial charge in [-0.3, -0.25) is 10.3 Å². The van der Waals surface area contributed by atoms with Crippen molar-refractivity contribution in [3.63, 3.8) is 0 Å². The van der Waals surface area contributed by atoms with Crippen LogP contribution in [-0.4, -0.2) is 16.7 Å². The summed E-state index contributed by atoms with van der Waals surface area (Å²) in [5.74, 6) is 0. The van der Waals surface area contributed by atoms with E-state index in [1.807, 2.05) is 33.8 Å². The van der Waals surface area contributed by atoms with E-state index in [9.17, 15) is 4.79 Å². The molecule has 1 heterocycles. The normalized spacial score (nSPS) is 11.0. The van der Waals surface area contributed by atoms with Gasteiger partial charge in [-0.05, 0) is 39.3 Å². The molecular weight excluding hydrogens is 204 g/mol. The summed E-state index contributed by atoms with van der Waals surface area (Å²) in [5.41, 5.74) is 1.08. The number of amides is 1. The van der Waals surface area contributed by atoms with Crippen LogP contribution in [0.1, 0.15) is 33.4 Å². The van der Waals surface area contributed by atoms with Crippen LogP contribution in [0.4, 0.5) is 10.5 Å². The Morgan fingerprint density at radius 2 is 2.19 bits per heavy atom. The number of rotatable bonds is 2. The monoisotopic (exact) mass is 222 g/mol. The van der Waals surface area contributed by atoms with Crippen molar-refractivity contribution in [3.8, 4) is 0 Å². The maximum Gasteiger partial charge on any atom is 0.412 e. The van der Waals surface area contributed by atoms with Crippen LogP contribution >= 0.6 is 0 Å². The summed E-state index contributed by atoms with van der Waals surface area (Å²) in [6.07, 6.45) is 2.03. The smallest absolute Gasteiger partial charge is 0.412 e. The second-order valence-corrected chi connectivity index (χ2v) is 4.48. The van der Waals surface area contributed by atoms with Crippen molar-refractivity contribution in [3.05, 3.63) is 24.0 Å². The molecule has 0 bridgehead atoms. The third-order valence-corrected chi connectivity index (χ3v) is 1.86. The molecule has 0 aliphatic heterocycles. The highest BCUT2D eigenvalue weighted by molar-refractivity contribution is 5.85. The zero-order valence-corrected chi connectivity index (χ0v) is 10.2. The predicted molar refractivity (Wildman–Crippen MR) is 63.5 cm³/mol. The molecule has 0 aromatic carbocycles. The molecular formula is C12H18N2O2. The molecule has 0 aliphatic carbocycles. The van der Waals surface area contributed by atoms with Crippen molar-refractivity contribution >= 4 is 11.8 Å². The third-order valence-electron chi connectivity index (χ3n) is 1.86. The second kappa shape index (κ2) is 4.96. The molecule has 88 valence electrons. The Morgan fingerprint density at radius 3 is 2.75 bits per heavy atom. The first kappa shape index (κ1) is 12.5. The maximum absolute atomic E-state index is 11.5. The Kier molecular flexibility index (Phi) is 3.88. The van der Waals surface area contributed by atoms with E-state index in [2.05, 4.69) is 10.3 Å². The molecule has 0 saturated carbocycles. The van der Waals surface area contributed by atoms with E-state index in [0.29, 0.717) is 5.69 Å². The van der Waals surface area contributed by atoms with Gasteiger partial charge < -0.3 is 4.74 Å². The lowest BCUT2D eigenvalue weighted by Crippen LogP contribution is -2.27. The van der Waals surface area contributed by atoms with Gasteiger partial charge >= 0.3 is 6.09 Å². The van der Waals surface area contributed by atoms with Crippen LogP contribution in [0.25, 0.3) is 0 Å². The summed E-state index contributed by atoms with van der Waals surface area (Å²) in [5, 5.41) is 2.69. The number of ether oxygens (including phenoxy) is 1. The predicted octanol–water partition coefficient (Wildman–Crippen LogP) is 2.99. The van der Waals surface area contributed by atoms with Crippen LogP contribution in [0.5, 0.6) is 0 Å². The van der Waals surface area contributed by atoms with Gasteiger partial charge in [0.2, 0.25) is 0 Å². The molecule has 0 radical (unpaired) electrons. The SMILES string of the molecule is CCc1ncccc1NC(=O)OC(C)(C)C. The number of carbonyl (C=O) groups is 1. The fraction of sp³-hybridized carbons (Fsp3) is 0.500. The van der Waals surface area contributed by atoms with Crippen molar-refractivity contribution < 1.29 is 9.53 Å². The van der Waals surface area contributed by atoms with Gasteiger partial charge in [-0.2, -0.15) is 0 Å². The number of nitrogens with one attached hydrogen (secondary N) is 1. The van der Waals surface area contributed by atoms with Crippen molar-refractivity contribution in [1.29, 1.82) is 0 Å². The van der Waals surface area contributed by atoms with Crippen LogP contribution in [-0.2, 0) is 11.2 Å². The maximum atomic E-state index is 11.5. The number of hydrogen-bond acceptors (Lipinski definition) is 3. The van der Waals surface area contributed by atoms with Crippen LogP contribution in [0, 0.1) is 0 Å². The lowest BCUT2D eigenvalue weighted by Gasteiger charge is -2.20. The average Bonchev–Trinajstić information content (AvgIpc) is 2.15. The summed E-state index contributed by atoms with van der Waals surface area (Å²) < 4.78 is 5.16. The molecule has 1 rings (SSSR count). The van der Waals surface area contributed by atoms with Crippen molar-refractivity contribution in [2.45, 2.75) is 39.7 Å².